The predicted octanol–water partition coefficient (Wildman–Crippen LogP) is 3.85. The van der Waals surface area contributed by atoms with E-state index >= 15 is 0 Å². The Labute approximate surface area is 120 Å². The Kier molecular flexibility index (Phi) is 3.06. The lowest BCUT2D eigenvalue weighted by Crippen LogP contribution is -1.90. The van der Waals surface area contributed by atoms with E-state index in [9.17, 15) is 10.1 Å². The van der Waals surface area contributed by atoms with Crippen LogP contribution in [0.15, 0.2) is 28.8 Å². The zero-order valence-electron chi connectivity index (χ0n) is 11.6. The van der Waals surface area contributed by atoms with Crippen molar-refractivity contribution in [3.8, 4) is 0 Å². The lowest BCUT2D eigenvalue weighted by Gasteiger charge is -1.92. The van der Waals surface area contributed by atoms with Crippen LogP contribution in [0.2, 0.25) is 0 Å². The van der Waals surface area contributed by atoms with Crippen molar-refractivity contribution in [1.29, 1.82) is 0 Å². The number of nitrogens with zero attached hydrogens (tertiary/aromatic N) is 2. The van der Waals surface area contributed by atoms with Gasteiger partial charge in [0.15, 0.2) is 5.69 Å². The van der Waals surface area contributed by atoms with Crippen LogP contribution in [0, 0.1) is 24.0 Å². The number of hydrogen-bond acceptors (Lipinski definition) is 4. The molecule has 6 nitrogen and oxygen atoms in total. The van der Waals surface area contributed by atoms with Gasteiger partial charge in [0, 0.05) is 22.2 Å². The zero-order valence-corrected chi connectivity index (χ0v) is 11.6. The molecule has 3 aromatic rings. The van der Waals surface area contributed by atoms with Crippen LogP contribution in [0.25, 0.3) is 23.1 Å². The average molecular weight is 283 g/mol. The van der Waals surface area contributed by atoms with Gasteiger partial charge < -0.3 is 9.51 Å². The largest absolute Gasteiger partial charge is 0.358 e. The van der Waals surface area contributed by atoms with E-state index in [1.807, 2.05) is 31.2 Å². The lowest BCUT2D eigenvalue weighted by molar-refractivity contribution is -0.386. The maximum Gasteiger partial charge on any atom is 0.338 e. The number of hydrogen-bond donors (Lipinski definition) is 1. The molecule has 0 aliphatic rings. The summed E-state index contributed by atoms with van der Waals surface area (Å²) in [5, 5.41) is 15.7. The van der Waals surface area contributed by atoms with Crippen molar-refractivity contribution < 1.29 is 9.45 Å². The van der Waals surface area contributed by atoms with Crippen molar-refractivity contribution >= 4 is 28.7 Å². The molecule has 0 bridgehead atoms. The molecular weight excluding hydrogens is 270 g/mol. The summed E-state index contributed by atoms with van der Waals surface area (Å²) >= 11 is 0. The topological polar surface area (TPSA) is 85.0 Å². The van der Waals surface area contributed by atoms with Crippen LogP contribution in [-0.4, -0.2) is 15.1 Å². The molecule has 0 aliphatic heterocycles. The minimum Gasteiger partial charge on any atom is -0.358 e. The molecule has 21 heavy (non-hydrogen) atoms. The van der Waals surface area contributed by atoms with Crippen LogP contribution < -0.4 is 0 Å². The fourth-order valence-corrected chi connectivity index (χ4v) is 2.39. The van der Waals surface area contributed by atoms with Gasteiger partial charge >= 0.3 is 5.69 Å². The second kappa shape index (κ2) is 4.90. The molecule has 0 amide bonds. The van der Waals surface area contributed by atoms with Crippen molar-refractivity contribution in [3.63, 3.8) is 0 Å². The van der Waals surface area contributed by atoms with E-state index in [-0.39, 0.29) is 17.1 Å². The van der Waals surface area contributed by atoms with Gasteiger partial charge in [0.1, 0.15) is 0 Å². The maximum atomic E-state index is 11.0. The first-order valence-corrected chi connectivity index (χ1v) is 6.44. The van der Waals surface area contributed by atoms with Gasteiger partial charge in [-0.25, -0.2) is 0 Å². The minimum absolute atomic E-state index is 0.0938. The Morgan fingerprint density at radius 3 is 2.81 bits per heavy atom. The highest BCUT2D eigenvalue weighted by Gasteiger charge is 2.22. The highest BCUT2D eigenvalue weighted by Crippen LogP contribution is 2.27. The predicted molar refractivity (Wildman–Crippen MR) is 79.9 cm³/mol. The Balaban J connectivity index is 2.07. The molecule has 0 unspecified atom stereocenters. The first-order valence-electron chi connectivity index (χ1n) is 6.44. The monoisotopic (exact) mass is 283 g/mol. The van der Waals surface area contributed by atoms with E-state index in [1.165, 1.54) is 0 Å². The standard InChI is InChI=1S/C15H13N3O3/c1-9-11(12-5-3-4-6-13(12)16-9)7-8-14-15(18(19)20)10(2)17-21-14/h3-8,16H,1-2H3/b8-7-. The number of para-hydroxylation sites is 1. The van der Waals surface area contributed by atoms with Crippen molar-refractivity contribution in [2.24, 2.45) is 0 Å². The van der Waals surface area contributed by atoms with Crippen molar-refractivity contribution in [1.82, 2.24) is 10.1 Å². The molecule has 1 aromatic carbocycles. The van der Waals surface area contributed by atoms with Crippen molar-refractivity contribution in [3.05, 3.63) is 57.1 Å². The van der Waals surface area contributed by atoms with Crippen LogP contribution in [0.1, 0.15) is 22.7 Å². The summed E-state index contributed by atoms with van der Waals surface area (Å²) in [6, 6.07) is 7.89. The Bertz CT molecular complexity index is 858. The van der Waals surface area contributed by atoms with Gasteiger partial charge in [-0.3, -0.25) is 10.1 Å². The second-order valence-corrected chi connectivity index (χ2v) is 4.78. The van der Waals surface area contributed by atoms with Gasteiger partial charge in [-0.2, -0.15) is 0 Å². The van der Waals surface area contributed by atoms with Gasteiger partial charge in [-0.05, 0) is 32.1 Å². The zero-order chi connectivity index (χ0) is 15.0. The fraction of sp³-hybridized carbons (Fsp3) is 0.133. The second-order valence-electron chi connectivity index (χ2n) is 4.78. The van der Waals surface area contributed by atoms with Crippen LogP contribution in [0.5, 0.6) is 0 Å². The highest BCUT2D eigenvalue weighted by molar-refractivity contribution is 5.93. The average Bonchev–Trinajstić information content (AvgIpc) is 2.96. The normalized spacial score (nSPS) is 11.5. The third-order valence-electron chi connectivity index (χ3n) is 3.38. The first kappa shape index (κ1) is 13.1. The van der Waals surface area contributed by atoms with E-state index in [0.717, 1.165) is 22.2 Å². The number of nitro groups is 1. The molecule has 0 spiro atoms. The minimum atomic E-state index is -0.479. The van der Waals surface area contributed by atoms with Crippen LogP contribution in [0.3, 0.4) is 0 Å². The van der Waals surface area contributed by atoms with Crippen molar-refractivity contribution in [2.75, 3.05) is 0 Å². The number of nitrogens with one attached hydrogen (secondary N) is 1. The molecule has 0 saturated heterocycles. The molecule has 1 N–H and O–H groups in total. The van der Waals surface area contributed by atoms with E-state index in [1.54, 1.807) is 19.1 Å². The molecule has 0 saturated carbocycles. The lowest BCUT2D eigenvalue weighted by atomic mass is 10.1. The van der Waals surface area contributed by atoms with Gasteiger partial charge in [-0.1, -0.05) is 23.4 Å². The molecule has 2 aromatic heterocycles. The molecule has 6 heteroatoms. The summed E-state index contributed by atoms with van der Waals surface area (Å²) in [6.07, 6.45) is 3.39. The SMILES string of the molecule is Cc1noc(/C=C\c2c(C)[nH]c3ccccc23)c1[N+](=O)[O-]. The summed E-state index contributed by atoms with van der Waals surface area (Å²) in [5.41, 5.74) is 3.18. The summed E-state index contributed by atoms with van der Waals surface area (Å²) in [6.45, 7) is 3.51. The van der Waals surface area contributed by atoms with Gasteiger partial charge in [0.2, 0.25) is 5.76 Å². The van der Waals surface area contributed by atoms with E-state index < -0.39 is 4.92 Å². The summed E-state index contributed by atoms with van der Waals surface area (Å²) in [7, 11) is 0. The maximum absolute atomic E-state index is 11.0. The Hall–Kier alpha value is -2.89. The third kappa shape index (κ3) is 2.20. The highest BCUT2D eigenvalue weighted by atomic mass is 16.6. The molecule has 0 atom stereocenters. The van der Waals surface area contributed by atoms with Crippen molar-refractivity contribution in [2.45, 2.75) is 13.8 Å². The molecule has 0 radical (unpaired) electrons. The van der Waals surface area contributed by atoms with Gasteiger partial charge in [0.05, 0.1) is 4.92 Å². The summed E-state index contributed by atoms with van der Waals surface area (Å²) in [5.74, 6) is 0.155. The van der Waals surface area contributed by atoms with Crippen LogP contribution >= 0.6 is 0 Å². The van der Waals surface area contributed by atoms with E-state index in [0.29, 0.717) is 0 Å². The van der Waals surface area contributed by atoms with E-state index in [4.69, 9.17) is 4.52 Å². The quantitative estimate of drug-likeness (QED) is 0.584. The molecule has 3 rings (SSSR count). The van der Waals surface area contributed by atoms with Crippen LogP contribution in [-0.2, 0) is 0 Å². The first-order chi connectivity index (χ1) is 10.1. The summed E-state index contributed by atoms with van der Waals surface area (Å²) in [4.78, 5) is 13.8. The number of rotatable bonds is 3. The number of aromatic nitrogens is 2. The Morgan fingerprint density at radius 1 is 1.29 bits per heavy atom. The van der Waals surface area contributed by atoms with Crippen LogP contribution in [0.4, 0.5) is 5.69 Å². The molecular formula is C15H13N3O3. The molecule has 2 heterocycles. The number of H-pyrrole nitrogens is 1. The molecule has 0 fully saturated rings. The molecule has 0 aliphatic carbocycles. The third-order valence-corrected chi connectivity index (χ3v) is 3.38. The Morgan fingerprint density at radius 2 is 2.05 bits per heavy atom. The fourth-order valence-electron chi connectivity index (χ4n) is 2.39. The molecule has 106 valence electrons. The van der Waals surface area contributed by atoms with Gasteiger partial charge in [-0.15, -0.1) is 0 Å². The number of aromatic amines is 1. The number of aryl methyl sites for hydroxylation is 2. The summed E-state index contributed by atoms with van der Waals surface area (Å²) < 4.78 is 5.02. The van der Waals surface area contributed by atoms with E-state index in [2.05, 4.69) is 10.1 Å². The number of benzene rings is 1. The number of fused-ring (bicyclic) bond motifs is 1. The smallest absolute Gasteiger partial charge is 0.338 e. The van der Waals surface area contributed by atoms with Gasteiger partial charge in [0.25, 0.3) is 0 Å².